The summed E-state index contributed by atoms with van der Waals surface area (Å²) in [5, 5.41) is 5.36. The minimum atomic E-state index is 0.742. The molecule has 0 unspecified atom stereocenters. The molecule has 1 N–H and O–H groups in total. The van der Waals surface area contributed by atoms with Gasteiger partial charge in [0, 0.05) is 17.8 Å². The minimum absolute atomic E-state index is 0.742. The first-order valence-corrected chi connectivity index (χ1v) is 6.38. The predicted octanol–water partition coefficient (Wildman–Crippen LogP) is 3.38. The lowest BCUT2D eigenvalue weighted by Crippen LogP contribution is -1.95. The number of nitrogens with zero attached hydrogens (tertiary/aromatic N) is 3. The van der Waals surface area contributed by atoms with Crippen molar-refractivity contribution in [3.05, 3.63) is 66.0 Å². The first-order chi connectivity index (χ1) is 9.83. The van der Waals surface area contributed by atoms with Crippen LogP contribution in [0.5, 0.6) is 0 Å². The average molecular weight is 262 g/mol. The molecule has 0 amide bonds. The predicted molar refractivity (Wildman–Crippen MR) is 81.9 cm³/mol. The monoisotopic (exact) mass is 262 g/mol. The molecule has 2 heterocycles. The first kappa shape index (κ1) is 12.3. The van der Waals surface area contributed by atoms with Crippen LogP contribution in [0.4, 0.5) is 5.82 Å². The number of fused-ring (bicyclic) bond motifs is 1. The molecule has 0 aliphatic heterocycles. The molecule has 4 nitrogen and oxygen atoms in total. The first-order valence-electron chi connectivity index (χ1n) is 6.38. The molecule has 0 atom stereocenters. The number of anilines is 1. The number of pyridine rings is 2. The average Bonchev–Trinajstić information content (AvgIpc) is 2.48. The van der Waals surface area contributed by atoms with Gasteiger partial charge in [-0.15, -0.1) is 0 Å². The zero-order chi connectivity index (χ0) is 13.8. The number of hydrogen-bond acceptors (Lipinski definition) is 4. The van der Waals surface area contributed by atoms with Crippen LogP contribution in [0, 0.1) is 6.92 Å². The summed E-state index contributed by atoms with van der Waals surface area (Å²) in [6, 6.07) is 13.9. The Hall–Kier alpha value is -2.75. The Balaban J connectivity index is 1.83. The van der Waals surface area contributed by atoms with Crippen LogP contribution < -0.4 is 5.43 Å². The van der Waals surface area contributed by atoms with Crippen molar-refractivity contribution in [2.24, 2.45) is 5.10 Å². The highest BCUT2D eigenvalue weighted by atomic mass is 15.3. The number of aromatic nitrogens is 2. The van der Waals surface area contributed by atoms with Crippen molar-refractivity contribution in [2.45, 2.75) is 6.92 Å². The molecule has 0 aliphatic rings. The number of aryl methyl sites for hydroxylation is 1. The SMILES string of the molecule is Cc1cc(N/N=C\c2ccncc2)nc2ccccc12. The molecule has 2 aromatic heterocycles. The highest BCUT2D eigenvalue weighted by Crippen LogP contribution is 2.19. The number of hydrogen-bond donors (Lipinski definition) is 1. The fraction of sp³-hybridized carbons (Fsp3) is 0.0625. The third kappa shape index (κ3) is 2.64. The van der Waals surface area contributed by atoms with Crippen molar-refractivity contribution in [3.8, 4) is 0 Å². The van der Waals surface area contributed by atoms with Crippen molar-refractivity contribution in [3.63, 3.8) is 0 Å². The van der Waals surface area contributed by atoms with E-state index in [4.69, 9.17) is 0 Å². The number of benzene rings is 1. The summed E-state index contributed by atoms with van der Waals surface area (Å²) in [6.45, 7) is 2.07. The summed E-state index contributed by atoms with van der Waals surface area (Å²) in [5.41, 5.74) is 6.10. The van der Waals surface area contributed by atoms with E-state index in [1.165, 1.54) is 5.56 Å². The Morgan fingerprint density at radius 2 is 1.90 bits per heavy atom. The molecule has 0 bridgehead atoms. The van der Waals surface area contributed by atoms with Gasteiger partial charge in [-0.1, -0.05) is 18.2 Å². The van der Waals surface area contributed by atoms with Gasteiger partial charge >= 0.3 is 0 Å². The van der Waals surface area contributed by atoms with E-state index in [0.29, 0.717) is 0 Å². The van der Waals surface area contributed by atoms with Gasteiger partial charge in [-0.05, 0) is 42.3 Å². The smallest absolute Gasteiger partial charge is 0.147 e. The Morgan fingerprint density at radius 1 is 1.10 bits per heavy atom. The number of nitrogens with one attached hydrogen (secondary N) is 1. The molecule has 0 radical (unpaired) electrons. The van der Waals surface area contributed by atoms with E-state index in [-0.39, 0.29) is 0 Å². The summed E-state index contributed by atoms with van der Waals surface area (Å²) < 4.78 is 0. The number of hydrazone groups is 1. The van der Waals surface area contributed by atoms with Crippen LogP contribution in [0.1, 0.15) is 11.1 Å². The van der Waals surface area contributed by atoms with Gasteiger partial charge in [-0.2, -0.15) is 5.10 Å². The van der Waals surface area contributed by atoms with E-state index in [1.54, 1.807) is 18.6 Å². The maximum Gasteiger partial charge on any atom is 0.147 e. The fourth-order valence-electron chi connectivity index (χ4n) is 2.03. The molecular weight excluding hydrogens is 248 g/mol. The molecule has 3 aromatic rings. The van der Waals surface area contributed by atoms with E-state index in [2.05, 4.69) is 33.5 Å². The third-order valence-corrected chi connectivity index (χ3v) is 3.02. The highest BCUT2D eigenvalue weighted by Gasteiger charge is 2.00. The van der Waals surface area contributed by atoms with Gasteiger partial charge in [0.1, 0.15) is 5.82 Å². The van der Waals surface area contributed by atoms with Crippen LogP contribution in [-0.4, -0.2) is 16.2 Å². The van der Waals surface area contributed by atoms with Crippen LogP contribution in [0.25, 0.3) is 10.9 Å². The summed E-state index contributed by atoms with van der Waals surface area (Å²) in [7, 11) is 0. The van der Waals surface area contributed by atoms with Gasteiger partial charge in [0.05, 0.1) is 11.7 Å². The van der Waals surface area contributed by atoms with Gasteiger partial charge in [-0.3, -0.25) is 10.4 Å². The van der Waals surface area contributed by atoms with E-state index >= 15 is 0 Å². The second-order valence-electron chi connectivity index (χ2n) is 4.49. The van der Waals surface area contributed by atoms with Gasteiger partial charge in [0.25, 0.3) is 0 Å². The standard InChI is InChI=1S/C16H14N4/c1-12-10-16(19-15-5-3-2-4-14(12)15)20-18-11-13-6-8-17-9-7-13/h2-11H,1H3,(H,19,20)/b18-11-. The molecule has 0 fully saturated rings. The van der Waals surface area contributed by atoms with E-state index in [1.807, 2.05) is 36.4 Å². The summed E-state index contributed by atoms with van der Waals surface area (Å²) in [5.74, 6) is 0.742. The number of rotatable bonds is 3. The second-order valence-corrected chi connectivity index (χ2v) is 4.49. The van der Waals surface area contributed by atoms with Crippen molar-refractivity contribution in [1.82, 2.24) is 9.97 Å². The molecule has 0 aliphatic carbocycles. The van der Waals surface area contributed by atoms with Gasteiger partial charge in [-0.25, -0.2) is 4.98 Å². The zero-order valence-corrected chi connectivity index (χ0v) is 11.1. The van der Waals surface area contributed by atoms with Gasteiger partial charge < -0.3 is 0 Å². The molecule has 20 heavy (non-hydrogen) atoms. The van der Waals surface area contributed by atoms with E-state index < -0.39 is 0 Å². The quantitative estimate of drug-likeness (QED) is 0.581. The highest BCUT2D eigenvalue weighted by molar-refractivity contribution is 5.84. The maximum atomic E-state index is 4.53. The Morgan fingerprint density at radius 3 is 2.75 bits per heavy atom. The second kappa shape index (κ2) is 5.48. The van der Waals surface area contributed by atoms with E-state index in [9.17, 15) is 0 Å². The Kier molecular flexibility index (Phi) is 3.37. The lowest BCUT2D eigenvalue weighted by Gasteiger charge is -2.05. The summed E-state index contributed by atoms with van der Waals surface area (Å²) in [6.07, 6.45) is 5.22. The molecule has 3 rings (SSSR count). The van der Waals surface area contributed by atoms with Crippen LogP contribution in [0.2, 0.25) is 0 Å². The Labute approximate surface area is 117 Å². The van der Waals surface area contributed by atoms with Crippen LogP contribution in [0.3, 0.4) is 0 Å². The summed E-state index contributed by atoms with van der Waals surface area (Å²) in [4.78, 5) is 8.49. The maximum absolute atomic E-state index is 4.53. The van der Waals surface area contributed by atoms with Crippen molar-refractivity contribution < 1.29 is 0 Å². The molecular formula is C16H14N4. The lowest BCUT2D eigenvalue weighted by atomic mass is 10.1. The zero-order valence-electron chi connectivity index (χ0n) is 11.1. The molecule has 4 heteroatoms. The van der Waals surface area contributed by atoms with Crippen molar-refractivity contribution >= 4 is 22.9 Å². The molecule has 0 spiro atoms. The molecule has 1 aromatic carbocycles. The molecule has 0 saturated heterocycles. The summed E-state index contributed by atoms with van der Waals surface area (Å²) >= 11 is 0. The third-order valence-electron chi connectivity index (χ3n) is 3.02. The fourth-order valence-corrected chi connectivity index (χ4v) is 2.03. The number of para-hydroxylation sites is 1. The Bertz CT molecular complexity index is 751. The minimum Gasteiger partial charge on any atom is -0.265 e. The van der Waals surface area contributed by atoms with Crippen LogP contribution in [-0.2, 0) is 0 Å². The van der Waals surface area contributed by atoms with E-state index in [0.717, 1.165) is 22.3 Å². The largest absolute Gasteiger partial charge is 0.265 e. The van der Waals surface area contributed by atoms with Crippen LogP contribution >= 0.6 is 0 Å². The van der Waals surface area contributed by atoms with Crippen molar-refractivity contribution in [2.75, 3.05) is 5.43 Å². The molecule has 98 valence electrons. The van der Waals surface area contributed by atoms with Crippen LogP contribution in [0.15, 0.2) is 60.0 Å². The van der Waals surface area contributed by atoms with Gasteiger partial charge in [0.15, 0.2) is 0 Å². The normalized spacial score (nSPS) is 11.1. The lowest BCUT2D eigenvalue weighted by molar-refractivity contribution is 1.25. The topological polar surface area (TPSA) is 50.2 Å². The molecule has 0 saturated carbocycles. The van der Waals surface area contributed by atoms with Gasteiger partial charge in [0.2, 0.25) is 0 Å². The van der Waals surface area contributed by atoms with Crippen molar-refractivity contribution in [1.29, 1.82) is 0 Å².